The van der Waals surface area contributed by atoms with E-state index in [9.17, 15) is 14.4 Å². The van der Waals surface area contributed by atoms with Gasteiger partial charge in [-0.15, -0.1) is 0 Å². The van der Waals surface area contributed by atoms with Gasteiger partial charge in [0.05, 0.1) is 0 Å². The molecule has 0 saturated carbocycles. The molecule has 1 heterocycles. The molecule has 0 bridgehead atoms. The number of nitrogens with one attached hydrogen (secondary N) is 1. The number of hydrogen-bond donors (Lipinski definition) is 1. The molecule has 1 N–H and O–H groups in total. The van der Waals surface area contributed by atoms with E-state index in [1.165, 1.54) is 0 Å². The number of esters is 1. The minimum Gasteiger partial charge on any atom is -0.459 e. The van der Waals surface area contributed by atoms with Gasteiger partial charge in [0.2, 0.25) is 0 Å². The number of aryl methyl sites for hydroxylation is 1. The van der Waals surface area contributed by atoms with Crippen molar-refractivity contribution in [2.24, 2.45) is 0 Å². The van der Waals surface area contributed by atoms with Crippen LogP contribution in [0.25, 0.3) is 0 Å². The van der Waals surface area contributed by atoms with Crippen LogP contribution in [0.2, 0.25) is 0 Å². The number of carbonyl (C=O) groups excluding carboxylic acids is 3. The lowest BCUT2D eigenvalue weighted by atomic mass is 9.99. The van der Waals surface area contributed by atoms with Crippen LogP contribution in [0, 0.1) is 6.92 Å². The van der Waals surface area contributed by atoms with Gasteiger partial charge in [-0.25, -0.2) is 4.79 Å². The monoisotopic (exact) mass is 304 g/mol. The van der Waals surface area contributed by atoms with Crippen LogP contribution in [0.3, 0.4) is 0 Å². The average molecular weight is 304 g/mol. The van der Waals surface area contributed by atoms with Gasteiger partial charge in [0.1, 0.15) is 18.7 Å². The summed E-state index contributed by atoms with van der Waals surface area (Å²) in [7, 11) is 0. The molecule has 1 aromatic rings. The molecule has 2 rings (SSSR count). The first kappa shape index (κ1) is 16.0. The molecule has 6 heteroatoms. The number of carbonyl (C=O) groups is 3. The zero-order chi connectivity index (χ0) is 16.3. The number of ether oxygens (including phenoxy) is 1. The summed E-state index contributed by atoms with van der Waals surface area (Å²) in [5, 5.41) is 2.59. The molecule has 1 saturated heterocycles. The Hall–Kier alpha value is -2.37. The van der Waals surface area contributed by atoms with E-state index in [1.54, 1.807) is 13.8 Å². The molecule has 1 aromatic carbocycles. The van der Waals surface area contributed by atoms with Crippen molar-refractivity contribution >= 4 is 17.9 Å². The minimum atomic E-state index is -0.936. The van der Waals surface area contributed by atoms with Crippen LogP contribution in [0.5, 0.6) is 0 Å². The van der Waals surface area contributed by atoms with Gasteiger partial charge in [-0.3, -0.25) is 14.5 Å². The van der Waals surface area contributed by atoms with E-state index in [2.05, 4.69) is 5.32 Å². The van der Waals surface area contributed by atoms with Gasteiger partial charge < -0.3 is 10.1 Å². The number of hydrogen-bond acceptors (Lipinski definition) is 4. The molecule has 1 atom stereocenters. The highest BCUT2D eigenvalue weighted by Crippen LogP contribution is 2.20. The highest BCUT2D eigenvalue weighted by Gasteiger charge is 2.47. The lowest BCUT2D eigenvalue weighted by molar-refractivity contribution is -0.148. The number of imide groups is 1. The summed E-state index contributed by atoms with van der Waals surface area (Å²) in [6.45, 7) is 5.17. The average Bonchev–Trinajstić information content (AvgIpc) is 2.71. The first-order chi connectivity index (χ1) is 10.4. The van der Waals surface area contributed by atoms with E-state index in [4.69, 9.17) is 4.74 Å². The Morgan fingerprint density at radius 2 is 1.91 bits per heavy atom. The predicted octanol–water partition coefficient (Wildman–Crippen LogP) is 1.76. The fraction of sp³-hybridized carbons (Fsp3) is 0.438. The van der Waals surface area contributed by atoms with Crippen LogP contribution in [-0.4, -0.2) is 34.9 Å². The van der Waals surface area contributed by atoms with E-state index in [-0.39, 0.29) is 13.2 Å². The molecule has 0 radical (unpaired) electrons. The Kier molecular flexibility index (Phi) is 4.49. The third-order valence-corrected chi connectivity index (χ3v) is 3.86. The summed E-state index contributed by atoms with van der Waals surface area (Å²) in [5.74, 6) is -1.00. The summed E-state index contributed by atoms with van der Waals surface area (Å²) in [4.78, 5) is 36.7. The summed E-state index contributed by atoms with van der Waals surface area (Å²) >= 11 is 0. The fourth-order valence-electron chi connectivity index (χ4n) is 2.15. The smallest absolute Gasteiger partial charge is 0.326 e. The maximum Gasteiger partial charge on any atom is 0.326 e. The fourth-order valence-corrected chi connectivity index (χ4v) is 2.15. The highest BCUT2D eigenvalue weighted by molar-refractivity contribution is 6.08. The zero-order valence-corrected chi connectivity index (χ0v) is 13.0. The van der Waals surface area contributed by atoms with Crippen molar-refractivity contribution in [1.82, 2.24) is 10.2 Å². The van der Waals surface area contributed by atoms with Gasteiger partial charge in [-0.1, -0.05) is 36.8 Å². The van der Waals surface area contributed by atoms with Gasteiger partial charge >= 0.3 is 12.0 Å². The number of amides is 3. The van der Waals surface area contributed by atoms with Crippen LogP contribution in [0.1, 0.15) is 31.4 Å². The molecule has 1 aliphatic rings. The molecule has 0 aromatic heterocycles. The summed E-state index contributed by atoms with van der Waals surface area (Å²) in [6.07, 6.45) is 0.465. The third kappa shape index (κ3) is 3.27. The molecule has 0 aliphatic carbocycles. The lowest BCUT2D eigenvalue weighted by Crippen LogP contribution is -2.43. The SMILES string of the molecule is CC[C@]1(C)NC(=O)N(CC(=O)OCc2ccc(C)cc2)C1=O. The van der Waals surface area contributed by atoms with Crippen LogP contribution in [-0.2, 0) is 20.9 Å². The maximum atomic E-state index is 12.2. The first-order valence-corrected chi connectivity index (χ1v) is 7.21. The highest BCUT2D eigenvalue weighted by atomic mass is 16.5. The van der Waals surface area contributed by atoms with Crippen LogP contribution in [0.15, 0.2) is 24.3 Å². The first-order valence-electron chi connectivity index (χ1n) is 7.21. The standard InChI is InChI=1S/C16H20N2O4/c1-4-16(3)14(20)18(15(21)17-16)9-13(19)22-10-12-7-5-11(2)6-8-12/h5-8H,4,9-10H2,1-3H3,(H,17,21)/t16-/m0/s1. The van der Waals surface area contributed by atoms with E-state index >= 15 is 0 Å². The van der Waals surface area contributed by atoms with Crippen molar-refractivity contribution in [3.63, 3.8) is 0 Å². The van der Waals surface area contributed by atoms with Crippen LogP contribution >= 0.6 is 0 Å². The largest absolute Gasteiger partial charge is 0.459 e. The van der Waals surface area contributed by atoms with Crippen LogP contribution in [0.4, 0.5) is 4.79 Å². The molecule has 22 heavy (non-hydrogen) atoms. The molecule has 1 fully saturated rings. The van der Waals surface area contributed by atoms with Crippen molar-refractivity contribution < 1.29 is 19.1 Å². The Morgan fingerprint density at radius 3 is 2.45 bits per heavy atom. The predicted molar refractivity (Wildman–Crippen MR) is 79.9 cm³/mol. The number of rotatable bonds is 5. The lowest BCUT2D eigenvalue weighted by Gasteiger charge is -2.18. The topological polar surface area (TPSA) is 75.7 Å². The Morgan fingerprint density at radius 1 is 1.27 bits per heavy atom. The van der Waals surface area contributed by atoms with Gasteiger partial charge in [-0.2, -0.15) is 0 Å². The molecule has 1 aliphatic heterocycles. The second kappa shape index (κ2) is 6.17. The Labute approximate surface area is 129 Å². The maximum absolute atomic E-state index is 12.2. The van der Waals surface area contributed by atoms with Gasteiger partial charge in [-0.05, 0) is 25.8 Å². The van der Waals surface area contributed by atoms with Crippen molar-refractivity contribution in [2.75, 3.05) is 6.54 Å². The van der Waals surface area contributed by atoms with Crippen molar-refractivity contribution in [3.05, 3.63) is 35.4 Å². The molecular formula is C16H20N2O4. The van der Waals surface area contributed by atoms with Gasteiger partial charge in [0.25, 0.3) is 5.91 Å². The Balaban J connectivity index is 1.91. The van der Waals surface area contributed by atoms with Crippen molar-refractivity contribution in [1.29, 1.82) is 0 Å². The Bertz CT molecular complexity index is 597. The zero-order valence-electron chi connectivity index (χ0n) is 13.0. The third-order valence-electron chi connectivity index (χ3n) is 3.86. The molecule has 118 valence electrons. The summed E-state index contributed by atoms with van der Waals surface area (Å²) in [5.41, 5.74) is 1.04. The minimum absolute atomic E-state index is 0.119. The van der Waals surface area contributed by atoms with Gasteiger partial charge in [0.15, 0.2) is 0 Å². The molecule has 3 amide bonds. The van der Waals surface area contributed by atoms with E-state index in [1.807, 2.05) is 31.2 Å². The van der Waals surface area contributed by atoms with Gasteiger partial charge in [0, 0.05) is 0 Å². The molecule has 0 spiro atoms. The quantitative estimate of drug-likeness (QED) is 0.664. The molecule has 6 nitrogen and oxygen atoms in total. The second-order valence-corrected chi connectivity index (χ2v) is 5.65. The van der Waals surface area contributed by atoms with Crippen LogP contribution < -0.4 is 5.32 Å². The van der Waals surface area contributed by atoms with E-state index < -0.39 is 23.4 Å². The molecule has 0 unspecified atom stereocenters. The normalized spacial score (nSPS) is 21.0. The van der Waals surface area contributed by atoms with Crippen molar-refractivity contribution in [2.45, 2.75) is 39.3 Å². The number of urea groups is 1. The molecular weight excluding hydrogens is 284 g/mol. The summed E-state index contributed by atoms with van der Waals surface area (Å²) < 4.78 is 5.12. The number of nitrogens with zero attached hydrogens (tertiary/aromatic N) is 1. The second-order valence-electron chi connectivity index (χ2n) is 5.65. The van der Waals surface area contributed by atoms with E-state index in [0.717, 1.165) is 16.0 Å². The number of benzene rings is 1. The van der Waals surface area contributed by atoms with E-state index in [0.29, 0.717) is 6.42 Å². The van der Waals surface area contributed by atoms with Crippen molar-refractivity contribution in [3.8, 4) is 0 Å². The summed E-state index contributed by atoms with van der Waals surface area (Å²) in [6, 6.07) is 7.02.